The quantitative estimate of drug-likeness (QED) is 0.875. The first kappa shape index (κ1) is 14.3. The molecule has 0 fully saturated rings. The number of hydrogen-bond acceptors (Lipinski definition) is 3. The molecule has 106 valence electrons. The third-order valence-corrected chi connectivity index (χ3v) is 3.21. The number of aliphatic hydroxyl groups is 1. The summed E-state index contributed by atoms with van der Waals surface area (Å²) in [6, 6.07) is 5.97. The van der Waals surface area contributed by atoms with E-state index in [9.17, 15) is 9.90 Å². The first-order valence-corrected chi connectivity index (χ1v) is 6.53. The van der Waals surface area contributed by atoms with Gasteiger partial charge in [0.25, 0.3) is 0 Å². The Kier molecular flexibility index (Phi) is 4.20. The van der Waals surface area contributed by atoms with Gasteiger partial charge in [0.15, 0.2) is 5.69 Å². The van der Waals surface area contributed by atoms with E-state index in [4.69, 9.17) is 5.11 Å². The molecular weight excluding hydrogens is 256 g/mol. The van der Waals surface area contributed by atoms with E-state index in [0.29, 0.717) is 18.4 Å². The number of aromatic carboxylic acids is 1. The molecule has 0 amide bonds. The van der Waals surface area contributed by atoms with Crippen molar-refractivity contribution >= 4 is 5.97 Å². The van der Waals surface area contributed by atoms with Gasteiger partial charge in [0, 0.05) is 18.4 Å². The Morgan fingerprint density at radius 1 is 1.35 bits per heavy atom. The minimum Gasteiger partial charge on any atom is -0.476 e. The van der Waals surface area contributed by atoms with Crippen LogP contribution in [0.3, 0.4) is 0 Å². The van der Waals surface area contributed by atoms with Gasteiger partial charge in [0.05, 0.1) is 5.69 Å². The van der Waals surface area contributed by atoms with E-state index in [2.05, 4.69) is 5.10 Å². The molecular formula is C15H18N2O3. The number of carboxylic acids is 1. The molecule has 1 heterocycles. The summed E-state index contributed by atoms with van der Waals surface area (Å²) in [5.41, 5.74) is 3.70. The molecule has 2 aromatic rings. The highest BCUT2D eigenvalue weighted by Gasteiger charge is 2.16. The topological polar surface area (TPSA) is 75.4 Å². The summed E-state index contributed by atoms with van der Waals surface area (Å²) in [5.74, 6) is -1.04. The van der Waals surface area contributed by atoms with Gasteiger partial charge in [0.2, 0.25) is 0 Å². The average molecular weight is 274 g/mol. The number of aryl methyl sites for hydroxylation is 3. The molecule has 0 aliphatic heterocycles. The molecule has 0 aliphatic carbocycles. The van der Waals surface area contributed by atoms with Gasteiger partial charge in [0.1, 0.15) is 0 Å². The van der Waals surface area contributed by atoms with Crippen molar-refractivity contribution in [2.75, 3.05) is 6.61 Å². The van der Waals surface area contributed by atoms with Gasteiger partial charge in [-0.25, -0.2) is 9.48 Å². The largest absolute Gasteiger partial charge is 0.476 e. The van der Waals surface area contributed by atoms with Crippen molar-refractivity contribution in [3.8, 4) is 5.69 Å². The summed E-state index contributed by atoms with van der Waals surface area (Å²) >= 11 is 0. The van der Waals surface area contributed by atoms with Crippen molar-refractivity contribution in [3.63, 3.8) is 0 Å². The molecule has 20 heavy (non-hydrogen) atoms. The van der Waals surface area contributed by atoms with E-state index < -0.39 is 5.97 Å². The van der Waals surface area contributed by atoms with Crippen LogP contribution in [0.5, 0.6) is 0 Å². The van der Waals surface area contributed by atoms with Crippen molar-refractivity contribution < 1.29 is 15.0 Å². The summed E-state index contributed by atoms with van der Waals surface area (Å²) in [6.45, 7) is 3.98. The van der Waals surface area contributed by atoms with Crippen LogP contribution in [0.15, 0.2) is 24.4 Å². The predicted molar refractivity (Wildman–Crippen MR) is 75.4 cm³/mol. The van der Waals surface area contributed by atoms with Crippen LogP contribution in [-0.4, -0.2) is 32.6 Å². The number of benzene rings is 1. The highest BCUT2D eigenvalue weighted by atomic mass is 16.4. The SMILES string of the molecule is Cc1ccc(C)c(-n2cc(CCCO)c(C(=O)O)n2)c1. The maximum atomic E-state index is 11.2. The van der Waals surface area contributed by atoms with Crippen LogP contribution in [-0.2, 0) is 6.42 Å². The zero-order valence-corrected chi connectivity index (χ0v) is 11.6. The molecule has 0 atom stereocenters. The summed E-state index contributed by atoms with van der Waals surface area (Å²) in [5, 5.41) is 22.3. The van der Waals surface area contributed by atoms with Crippen LogP contribution in [0, 0.1) is 13.8 Å². The van der Waals surface area contributed by atoms with Gasteiger partial charge in [-0.2, -0.15) is 5.10 Å². The zero-order chi connectivity index (χ0) is 14.7. The van der Waals surface area contributed by atoms with Crippen LogP contribution in [0.2, 0.25) is 0 Å². The van der Waals surface area contributed by atoms with Crippen LogP contribution >= 0.6 is 0 Å². The maximum absolute atomic E-state index is 11.2. The fourth-order valence-electron chi connectivity index (χ4n) is 2.13. The van der Waals surface area contributed by atoms with Gasteiger partial charge >= 0.3 is 5.97 Å². The third-order valence-electron chi connectivity index (χ3n) is 3.21. The minimum absolute atomic E-state index is 0.0354. The number of nitrogens with zero attached hydrogens (tertiary/aromatic N) is 2. The van der Waals surface area contributed by atoms with Gasteiger partial charge in [-0.15, -0.1) is 0 Å². The molecule has 0 unspecified atom stereocenters. The fourth-order valence-corrected chi connectivity index (χ4v) is 2.13. The van der Waals surface area contributed by atoms with Crippen LogP contribution in [0.25, 0.3) is 5.69 Å². The number of aliphatic hydroxyl groups excluding tert-OH is 1. The van der Waals surface area contributed by atoms with Gasteiger partial charge in [-0.1, -0.05) is 12.1 Å². The molecule has 0 aliphatic rings. The minimum atomic E-state index is -1.04. The Bertz CT molecular complexity index is 632. The van der Waals surface area contributed by atoms with Crippen molar-refractivity contribution in [1.29, 1.82) is 0 Å². The second-order valence-corrected chi connectivity index (χ2v) is 4.87. The Morgan fingerprint density at radius 3 is 2.75 bits per heavy atom. The Morgan fingerprint density at radius 2 is 2.10 bits per heavy atom. The van der Waals surface area contributed by atoms with E-state index >= 15 is 0 Å². The molecule has 5 heteroatoms. The lowest BCUT2D eigenvalue weighted by Gasteiger charge is -2.06. The van der Waals surface area contributed by atoms with Crippen molar-refractivity contribution in [3.05, 3.63) is 46.8 Å². The molecule has 0 saturated carbocycles. The van der Waals surface area contributed by atoms with Crippen molar-refractivity contribution in [2.24, 2.45) is 0 Å². The van der Waals surface area contributed by atoms with Crippen molar-refractivity contribution in [1.82, 2.24) is 9.78 Å². The molecule has 1 aromatic heterocycles. The Balaban J connectivity index is 2.47. The van der Waals surface area contributed by atoms with Crippen LogP contribution in [0.4, 0.5) is 0 Å². The lowest BCUT2D eigenvalue weighted by Crippen LogP contribution is -2.04. The third kappa shape index (κ3) is 2.88. The van der Waals surface area contributed by atoms with E-state index in [-0.39, 0.29) is 12.3 Å². The van der Waals surface area contributed by atoms with Crippen molar-refractivity contribution in [2.45, 2.75) is 26.7 Å². The van der Waals surface area contributed by atoms with E-state index in [1.807, 2.05) is 32.0 Å². The molecule has 0 saturated heterocycles. The van der Waals surface area contributed by atoms with E-state index in [1.54, 1.807) is 10.9 Å². The van der Waals surface area contributed by atoms with E-state index in [0.717, 1.165) is 16.8 Å². The lowest BCUT2D eigenvalue weighted by atomic mass is 10.1. The number of carboxylic acid groups (broad SMARTS) is 1. The maximum Gasteiger partial charge on any atom is 0.356 e. The highest BCUT2D eigenvalue weighted by molar-refractivity contribution is 5.87. The smallest absolute Gasteiger partial charge is 0.356 e. The lowest BCUT2D eigenvalue weighted by molar-refractivity contribution is 0.0688. The first-order chi connectivity index (χ1) is 9.52. The second-order valence-electron chi connectivity index (χ2n) is 4.87. The normalized spacial score (nSPS) is 10.8. The number of carbonyl (C=O) groups is 1. The molecule has 1 aromatic carbocycles. The summed E-state index contributed by atoms with van der Waals surface area (Å²) in [4.78, 5) is 11.2. The van der Waals surface area contributed by atoms with Crippen LogP contribution < -0.4 is 0 Å². The first-order valence-electron chi connectivity index (χ1n) is 6.53. The molecule has 5 nitrogen and oxygen atoms in total. The van der Waals surface area contributed by atoms with E-state index in [1.165, 1.54) is 0 Å². The Labute approximate surface area is 117 Å². The van der Waals surface area contributed by atoms with Crippen LogP contribution in [0.1, 0.15) is 33.6 Å². The zero-order valence-electron chi connectivity index (χ0n) is 11.6. The molecule has 0 radical (unpaired) electrons. The van der Waals surface area contributed by atoms with Gasteiger partial charge in [-0.3, -0.25) is 0 Å². The number of aromatic nitrogens is 2. The van der Waals surface area contributed by atoms with Gasteiger partial charge < -0.3 is 10.2 Å². The average Bonchev–Trinajstić information content (AvgIpc) is 2.83. The standard InChI is InChI=1S/C15H18N2O3/c1-10-5-6-11(2)13(8-10)17-9-12(4-3-7-18)14(16-17)15(19)20/h5-6,8-9,18H,3-4,7H2,1-2H3,(H,19,20). The summed E-state index contributed by atoms with van der Waals surface area (Å²) in [6.07, 6.45) is 2.77. The number of rotatable bonds is 5. The monoisotopic (exact) mass is 274 g/mol. The Hall–Kier alpha value is -2.14. The number of hydrogen-bond donors (Lipinski definition) is 2. The second kappa shape index (κ2) is 5.88. The molecule has 2 N–H and O–H groups in total. The fraction of sp³-hybridized carbons (Fsp3) is 0.333. The molecule has 0 spiro atoms. The summed E-state index contributed by atoms with van der Waals surface area (Å²) < 4.78 is 1.61. The van der Waals surface area contributed by atoms with Gasteiger partial charge in [-0.05, 0) is 43.9 Å². The highest BCUT2D eigenvalue weighted by Crippen LogP contribution is 2.18. The molecule has 2 rings (SSSR count). The molecule has 0 bridgehead atoms. The summed E-state index contributed by atoms with van der Waals surface area (Å²) in [7, 11) is 0. The predicted octanol–water partition coefficient (Wildman–Crippen LogP) is 2.11.